The minimum absolute atomic E-state index is 0.141. The molecule has 379 valence electrons. The van der Waals surface area contributed by atoms with Gasteiger partial charge in [0.25, 0.3) is 0 Å². The van der Waals surface area contributed by atoms with Crippen molar-refractivity contribution < 1.29 is 15.6 Å². The molecule has 0 heterocycles. The summed E-state index contributed by atoms with van der Waals surface area (Å²) >= 11 is -5.10. The summed E-state index contributed by atoms with van der Waals surface area (Å²) in [5.74, 6) is 5.44. The molecule has 10 fully saturated rings. The normalized spacial score (nSPS) is 34.6. The molecule has 4 aromatic rings. The second-order valence-electron chi connectivity index (χ2n) is 28.0. The van der Waals surface area contributed by atoms with Gasteiger partial charge in [-0.25, -0.2) is 0 Å². The molecule has 4 heteroatoms. The average Bonchev–Trinajstić information content (AvgIpc) is 3.67. The number of hydrogen-bond donors (Lipinski definition) is 0. The second kappa shape index (κ2) is 18.6. The van der Waals surface area contributed by atoms with E-state index >= 15 is 0 Å². The molecule has 0 spiro atoms. The summed E-state index contributed by atoms with van der Waals surface area (Å²) in [6.45, 7) is 5.21. The molecule has 0 N–H and O–H groups in total. The average molecular weight is 1090 g/mol. The van der Waals surface area contributed by atoms with Gasteiger partial charge >= 0.3 is 448 Å². The molecule has 2 unspecified atom stereocenters. The third-order valence-corrected chi connectivity index (χ3v) is 75.0. The molecule has 72 heavy (non-hydrogen) atoms. The summed E-state index contributed by atoms with van der Waals surface area (Å²) < 4.78 is 0.283. The van der Waals surface area contributed by atoms with Crippen molar-refractivity contribution in [2.75, 3.05) is 0 Å². The first-order chi connectivity index (χ1) is 35.0. The summed E-state index contributed by atoms with van der Waals surface area (Å²) in [6.07, 6.45) is 41.7. The molecule has 0 nitrogen and oxygen atoms in total. The SMILES string of the molecule is C[SiH](C)[Zr]([Cl])([Cl])([CH]1C(CC2CCCCCC2)=Cc2c(-c3ccc(C45CC6CC(CC(C6)C4)C5)cc3)cccc21)[CH]1C(CC2CCCCCC2)=Cc2c(-c3ccc(C45CC6CC(CC(C6)C4)C5)cc3)cccc21. The van der Waals surface area contributed by atoms with Gasteiger partial charge in [0.2, 0.25) is 0 Å². The third-order valence-electron chi connectivity index (χ3n) is 23.2. The van der Waals surface area contributed by atoms with E-state index in [1.54, 1.807) is 22.3 Å². The van der Waals surface area contributed by atoms with E-state index < -0.39 is 21.5 Å². The van der Waals surface area contributed by atoms with Crippen molar-refractivity contribution in [3.05, 3.63) is 129 Å². The maximum atomic E-state index is 9.38. The minimum atomic E-state index is -5.10. The predicted octanol–water partition coefficient (Wildman–Crippen LogP) is 20.2. The van der Waals surface area contributed by atoms with E-state index in [0.717, 1.165) is 48.3 Å². The van der Waals surface area contributed by atoms with Crippen LogP contribution in [0.5, 0.6) is 0 Å². The van der Waals surface area contributed by atoms with Crippen LogP contribution < -0.4 is 0 Å². The molecule has 0 radical (unpaired) electrons. The standard InChI is InChI=1S/2C33H39.C2H7Si.2ClH.Zr/c2*1-2-4-7-23(6-3-1)14-24-18-29-8-5-9-31(32(29)19-24)28-10-12-30(13-11-28)33-20-25-15-26(21-33)17-27(16-25)22-33;1-3-2;;;/h2*5,8-13,18-19,23,25-27H,1-4,6-7,14-17,20-22H2;3H,1-2H3;2*1H;/q;;;;;+2/p-2. The first kappa shape index (κ1) is 48.4. The van der Waals surface area contributed by atoms with Crippen LogP contribution >= 0.6 is 17.0 Å². The monoisotopic (exact) mass is 1090 g/mol. The fourth-order valence-corrected chi connectivity index (χ4v) is 52.0. The van der Waals surface area contributed by atoms with Crippen LogP contribution in [0.1, 0.15) is 208 Å². The van der Waals surface area contributed by atoms with E-state index in [2.05, 4.69) is 110 Å². The Hall–Kier alpha value is -1.96. The van der Waals surface area contributed by atoms with E-state index in [4.69, 9.17) is 0 Å². The van der Waals surface area contributed by atoms with Gasteiger partial charge in [-0.2, -0.15) is 0 Å². The van der Waals surface area contributed by atoms with Crippen LogP contribution in [-0.2, 0) is 26.4 Å². The quantitative estimate of drug-likeness (QED) is 0.104. The molecule has 12 aliphatic rings. The van der Waals surface area contributed by atoms with Gasteiger partial charge in [0.1, 0.15) is 0 Å². The Bertz CT molecular complexity index is 2500. The second-order valence-corrected chi connectivity index (χ2v) is 70.5. The maximum absolute atomic E-state index is 9.38. The Morgan fingerprint density at radius 2 is 0.778 bits per heavy atom. The van der Waals surface area contributed by atoms with Gasteiger partial charge in [-0.1, -0.05) is 0 Å². The zero-order chi connectivity index (χ0) is 48.4. The summed E-state index contributed by atoms with van der Waals surface area (Å²) in [7, 11) is 18.8. The van der Waals surface area contributed by atoms with E-state index in [9.17, 15) is 17.0 Å². The van der Waals surface area contributed by atoms with E-state index in [1.165, 1.54) is 199 Å². The van der Waals surface area contributed by atoms with Crippen LogP contribution in [0.2, 0.25) is 13.1 Å². The van der Waals surface area contributed by atoms with Crippen LogP contribution in [0, 0.1) is 47.3 Å². The van der Waals surface area contributed by atoms with Crippen LogP contribution in [0.4, 0.5) is 0 Å². The van der Waals surface area contributed by atoms with Crippen molar-refractivity contribution in [1.82, 2.24) is 0 Å². The van der Waals surface area contributed by atoms with E-state index in [1.807, 2.05) is 0 Å². The summed E-state index contributed by atoms with van der Waals surface area (Å²) in [5.41, 5.74) is 18.8. The Labute approximate surface area is 444 Å². The molecular formula is C68H85Cl2SiZr. The zero-order valence-electron chi connectivity index (χ0n) is 44.2. The molecule has 12 aliphatic carbocycles. The molecule has 8 bridgehead atoms. The number of benzene rings is 4. The van der Waals surface area contributed by atoms with Crippen LogP contribution in [0.15, 0.2) is 96.1 Å². The first-order valence-electron chi connectivity index (χ1n) is 30.5. The van der Waals surface area contributed by atoms with Gasteiger partial charge in [0, 0.05) is 0 Å². The number of fused-ring (bicyclic) bond motifs is 2. The zero-order valence-corrected chi connectivity index (χ0v) is 49.4. The van der Waals surface area contributed by atoms with Gasteiger partial charge in [0.15, 0.2) is 0 Å². The van der Waals surface area contributed by atoms with Gasteiger partial charge in [0.05, 0.1) is 0 Å². The fourth-order valence-electron chi connectivity index (χ4n) is 20.7. The third kappa shape index (κ3) is 8.12. The summed E-state index contributed by atoms with van der Waals surface area (Å²) in [5, 5.41) is 0. The Morgan fingerprint density at radius 1 is 0.444 bits per heavy atom. The van der Waals surface area contributed by atoms with Crippen LogP contribution in [0.3, 0.4) is 0 Å². The molecule has 16 rings (SSSR count). The number of halogens is 2. The van der Waals surface area contributed by atoms with Crippen molar-refractivity contribution >= 4 is 35.1 Å². The van der Waals surface area contributed by atoms with E-state index in [0.29, 0.717) is 22.7 Å². The molecule has 4 aromatic carbocycles. The first-order valence-corrected chi connectivity index (χ1v) is 46.8. The van der Waals surface area contributed by atoms with Gasteiger partial charge in [-0.05, 0) is 0 Å². The molecule has 0 saturated heterocycles. The number of allylic oxidation sites excluding steroid dienone is 2. The molecule has 0 amide bonds. The van der Waals surface area contributed by atoms with Crippen LogP contribution in [0.25, 0.3) is 34.4 Å². The van der Waals surface area contributed by atoms with Gasteiger partial charge in [-0.3, -0.25) is 0 Å². The molecule has 0 aromatic heterocycles. The van der Waals surface area contributed by atoms with Crippen molar-refractivity contribution in [3.63, 3.8) is 0 Å². The predicted molar refractivity (Wildman–Crippen MR) is 307 cm³/mol. The van der Waals surface area contributed by atoms with Crippen molar-refractivity contribution in [2.24, 2.45) is 47.3 Å². The van der Waals surface area contributed by atoms with Crippen molar-refractivity contribution in [1.29, 1.82) is 0 Å². The topological polar surface area (TPSA) is 0 Å². The van der Waals surface area contributed by atoms with Crippen molar-refractivity contribution in [3.8, 4) is 22.3 Å². The van der Waals surface area contributed by atoms with Gasteiger partial charge in [-0.15, -0.1) is 0 Å². The van der Waals surface area contributed by atoms with Crippen LogP contribution in [-0.4, -0.2) is 5.92 Å². The van der Waals surface area contributed by atoms with Gasteiger partial charge < -0.3 is 0 Å². The Kier molecular flexibility index (Phi) is 12.5. The fraction of sp³-hybridized carbons (Fsp3) is 0.588. The summed E-state index contributed by atoms with van der Waals surface area (Å²) in [4.78, 5) is 0. The van der Waals surface area contributed by atoms with E-state index in [-0.39, 0.29) is 7.25 Å². The molecule has 2 atom stereocenters. The molecular weight excluding hydrogens is 1010 g/mol. The summed E-state index contributed by atoms with van der Waals surface area (Å²) in [6, 6.07) is 35.1. The number of rotatable bonds is 11. The Morgan fingerprint density at radius 3 is 1.10 bits per heavy atom. The molecule has 10 saturated carbocycles. The Balaban J connectivity index is 0.873. The van der Waals surface area contributed by atoms with Crippen molar-refractivity contribution in [2.45, 2.75) is 198 Å². The molecule has 0 aliphatic heterocycles. The number of hydrogen-bond acceptors (Lipinski definition) is 0.